The van der Waals surface area contributed by atoms with Gasteiger partial charge in [0.25, 0.3) is 5.91 Å². The predicted octanol–water partition coefficient (Wildman–Crippen LogP) is 3.22. The molecular weight excluding hydrogens is 344 g/mol. The number of carbonyl (C=O) groups is 3. The van der Waals surface area contributed by atoms with Crippen LogP contribution in [0.25, 0.3) is 0 Å². The fourth-order valence-electron chi connectivity index (χ4n) is 3.34. The second-order valence-electron chi connectivity index (χ2n) is 6.83. The fourth-order valence-corrected chi connectivity index (χ4v) is 3.34. The van der Waals surface area contributed by atoms with Gasteiger partial charge in [0.15, 0.2) is 6.61 Å². The summed E-state index contributed by atoms with van der Waals surface area (Å²) in [5.74, 6) is -1.07. The highest BCUT2D eigenvalue weighted by Gasteiger charge is 2.30. The summed E-state index contributed by atoms with van der Waals surface area (Å²) in [6.07, 6.45) is 0.172. The number of hydrogen-bond donors (Lipinski definition) is 1. The first-order chi connectivity index (χ1) is 12.8. The average Bonchev–Trinajstić information content (AvgIpc) is 2.72. The van der Waals surface area contributed by atoms with Crippen LogP contribution in [0.1, 0.15) is 34.8 Å². The van der Waals surface area contributed by atoms with Crippen molar-refractivity contribution in [3.05, 3.63) is 59.2 Å². The van der Waals surface area contributed by atoms with E-state index >= 15 is 0 Å². The summed E-state index contributed by atoms with van der Waals surface area (Å²) in [5, 5.41) is 2.80. The van der Waals surface area contributed by atoms with E-state index in [-0.39, 0.29) is 24.3 Å². The molecule has 0 saturated heterocycles. The average molecular weight is 366 g/mol. The van der Waals surface area contributed by atoms with Crippen LogP contribution in [0.2, 0.25) is 0 Å². The number of nitrogens with one attached hydrogen (secondary N) is 1. The molecule has 0 aromatic heterocycles. The summed E-state index contributed by atoms with van der Waals surface area (Å²) < 4.78 is 5.25. The third kappa shape index (κ3) is 4.16. The monoisotopic (exact) mass is 366 g/mol. The number of amides is 2. The third-order valence-corrected chi connectivity index (χ3v) is 4.41. The molecule has 1 aliphatic heterocycles. The minimum absolute atomic E-state index is 0.155. The molecule has 6 heteroatoms. The highest BCUT2D eigenvalue weighted by Crippen LogP contribution is 2.31. The lowest BCUT2D eigenvalue weighted by Crippen LogP contribution is -2.41. The van der Waals surface area contributed by atoms with Gasteiger partial charge in [-0.25, -0.2) is 4.79 Å². The van der Waals surface area contributed by atoms with E-state index < -0.39 is 12.6 Å². The maximum Gasteiger partial charge on any atom is 0.338 e. The van der Waals surface area contributed by atoms with Gasteiger partial charge in [-0.3, -0.25) is 9.59 Å². The van der Waals surface area contributed by atoms with Crippen molar-refractivity contribution in [2.75, 3.05) is 16.8 Å². The van der Waals surface area contributed by atoms with E-state index in [0.717, 1.165) is 11.1 Å². The number of anilines is 2. The van der Waals surface area contributed by atoms with Crippen molar-refractivity contribution in [1.29, 1.82) is 0 Å². The second kappa shape index (κ2) is 7.61. The topological polar surface area (TPSA) is 75.7 Å². The molecule has 1 atom stereocenters. The minimum Gasteiger partial charge on any atom is -0.452 e. The fraction of sp³-hybridized carbons (Fsp3) is 0.286. The van der Waals surface area contributed by atoms with Crippen LogP contribution in [-0.2, 0) is 14.3 Å². The molecule has 2 amide bonds. The maximum absolute atomic E-state index is 12.8. The van der Waals surface area contributed by atoms with E-state index in [1.165, 1.54) is 4.90 Å². The number of fused-ring (bicyclic) bond motifs is 1. The molecule has 27 heavy (non-hydrogen) atoms. The summed E-state index contributed by atoms with van der Waals surface area (Å²) in [6.45, 7) is 5.20. The lowest BCUT2D eigenvalue weighted by Gasteiger charge is -2.27. The number of rotatable bonds is 3. The summed E-state index contributed by atoms with van der Waals surface area (Å²) >= 11 is 0. The molecule has 0 bridgehead atoms. The quantitative estimate of drug-likeness (QED) is 0.847. The van der Waals surface area contributed by atoms with Crippen LogP contribution in [0, 0.1) is 13.8 Å². The van der Waals surface area contributed by atoms with Crippen LogP contribution in [0.5, 0.6) is 0 Å². The van der Waals surface area contributed by atoms with E-state index in [9.17, 15) is 14.4 Å². The van der Waals surface area contributed by atoms with Crippen LogP contribution in [0.4, 0.5) is 11.4 Å². The van der Waals surface area contributed by atoms with Gasteiger partial charge in [-0.1, -0.05) is 29.3 Å². The Hall–Kier alpha value is -3.15. The molecule has 2 aromatic rings. The third-order valence-electron chi connectivity index (χ3n) is 4.41. The van der Waals surface area contributed by atoms with Gasteiger partial charge in [-0.05, 0) is 45.0 Å². The van der Waals surface area contributed by atoms with Gasteiger partial charge in [0.05, 0.1) is 16.9 Å². The molecule has 0 aliphatic carbocycles. The number of carbonyl (C=O) groups excluding carboxylic acids is 3. The van der Waals surface area contributed by atoms with Gasteiger partial charge in [-0.15, -0.1) is 0 Å². The number of nitrogens with zero attached hydrogens (tertiary/aromatic N) is 1. The number of ether oxygens (including phenoxy) is 1. The maximum atomic E-state index is 12.8. The first-order valence-corrected chi connectivity index (χ1v) is 8.81. The summed E-state index contributed by atoms with van der Waals surface area (Å²) in [6, 6.07) is 12.2. The molecular formula is C21H22N2O4. The van der Waals surface area contributed by atoms with Crippen molar-refractivity contribution in [3.63, 3.8) is 0 Å². The number of aryl methyl sites for hydroxylation is 2. The zero-order valence-corrected chi connectivity index (χ0v) is 15.6. The first-order valence-electron chi connectivity index (χ1n) is 8.81. The van der Waals surface area contributed by atoms with E-state index in [2.05, 4.69) is 5.32 Å². The van der Waals surface area contributed by atoms with Gasteiger partial charge in [0.1, 0.15) is 0 Å². The molecule has 0 radical (unpaired) electrons. The summed E-state index contributed by atoms with van der Waals surface area (Å²) in [7, 11) is 0. The first kappa shape index (κ1) is 18.6. The van der Waals surface area contributed by atoms with E-state index in [1.54, 1.807) is 43.3 Å². The summed E-state index contributed by atoms with van der Waals surface area (Å²) in [4.78, 5) is 38.7. The van der Waals surface area contributed by atoms with Crippen molar-refractivity contribution < 1.29 is 19.1 Å². The van der Waals surface area contributed by atoms with E-state index in [1.807, 2.05) is 19.9 Å². The number of benzene rings is 2. The Balaban J connectivity index is 1.77. The molecule has 0 saturated carbocycles. The van der Waals surface area contributed by atoms with Crippen molar-refractivity contribution in [3.8, 4) is 0 Å². The molecule has 6 nitrogen and oxygen atoms in total. The second-order valence-corrected chi connectivity index (χ2v) is 6.83. The van der Waals surface area contributed by atoms with E-state index in [4.69, 9.17) is 4.74 Å². The molecule has 3 rings (SSSR count). The molecule has 1 heterocycles. The molecule has 2 aromatic carbocycles. The smallest absolute Gasteiger partial charge is 0.338 e. The van der Waals surface area contributed by atoms with Crippen molar-refractivity contribution >= 4 is 29.2 Å². The van der Waals surface area contributed by atoms with Gasteiger partial charge < -0.3 is 15.0 Å². The summed E-state index contributed by atoms with van der Waals surface area (Å²) in [5.41, 5.74) is 3.49. The van der Waals surface area contributed by atoms with Crippen LogP contribution in [-0.4, -0.2) is 30.4 Å². The normalized spacial score (nSPS) is 16.2. The van der Waals surface area contributed by atoms with Crippen molar-refractivity contribution in [2.45, 2.75) is 33.2 Å². The largest absolute Gasteiger partial charge is 0.452 e. The Kier molecular flexibility index (Phi) is 5.26. The van der Waals surface area contributed by atoms with Crippen LogP contribution in [0.3, 0.4) is 0 Å². The van der Waals surface area contributed by atoms with Crippen LogP contribution >= 0.6 is 0 Å². The highest BCUT2D eigenvalue weighted by molar-refractivity contribution is 6.05. The van der Waals surface area contributed by atoms with Gasteiger partial charge >= 0.3 is 5.97 Å². The molecule has 0 fully saturated rings. The molecule has 1 N–H and O–H groups in total. The van der Waals surface area contributed by atoms with Gasteiger partial charge in [0, 0.05) is 12.5 Å². The van der Waals surface area contributed by atoms with Gasteiger partial charge in [0.2, 0.25) is 5.91 Å². The van der Waals surface area contributed by atoms with Crippen molar-refractivity contribution in [2.24, 2.45) is 0 Å². The number of esters is 1. The zero-order chi connectivity index (χ0) is 19.6. The lowest BCUT2D eigenvalue weighted by atomic mass is 10.1. The zero-order valence-electron chi connectivity index (χ0n) is 15.6. The van der Waals surface area contributed by atoms with Crippen LogP contribution in [0.15, 0.2) is 42.5 Å². The molecule has 0 unspecified atom stereocenters. The Morgan fingerprint density at radius 1 is 1.15 bits per heavy atom. The Labute approximate surface area is 158 Å². The molecule has 0 spiro atoms. The minimum atomic E-state index is -0.542. The lowest BCUT2D eigenvalue weighted by molar-refractivity contribution is -0.122. The standard InChI is InChI=1S/C21H22N2O4/c1-13-8-14(2)10-16(9-13)21(26)27-12-20(25)23-15(3)11-19(24)22-17-6-4-5-7-18(17)23/h4-10,15H,11-12H2,1-3H3,(H,22,24)/t15-/m0/s1. The predicted molar refractivity (Wildman–Crippen MR) is 103 cm³/mol. The van der Waals surface area contributed by atoms with Crippen LogP contribution < -0.4 is 10.2 Å². The SMILES string of the molecule is Cc1cc(C)cc(C(=O)OCC(=O)N2c3ccccc3NC(=O)C[C@@H]2C)c1. The molecule has 1 aliphatic rings. The number of hydrogen-bond acceptors (Lipinski definition) is 4. The Morgan fingerprint density at radius 3 is 2.52 bits per heavy atom. The van der Waals surface area contributed by atoms with Gasteiger partial charge in [-0.2, -0.15) is 0 Å². The number of para-hydroxylation sites is 2. The van der Waals surface area contributed by atoms with Crippen molar-refractivity contribution in [1.82, 2.24) is 0 Å². The molecule has 140 valence electrons. The van der Waals surface area contributed by atoms with E-state index in [0.29, 0.717) is 16.9 Å². The Bertz CT molecular complexity index is 887. The Morgan fingerprint density at radius 2 is 1.81 bits per heavy atom. The highest BCUT2D eigenvalue weighted by atomic mass is 16.5.